The van der Waals surface area contributed by atoms with Gasteiger partial charge in [-0.1, -0.05) is 65.0 Å². The van der Waals surface area contributed by atoms with E-state index in [2.05, 4.69) is 58.9 Å². The van der Waals surface area contributed by atoms with Gasteiger partial charge in [-0.25, -0.2) is 0 Å². The minimum atomic E-state index is -0.260. The zero-order valence-corrected chi connectivity index (χ0v) is 13.2. The normalized spacial score (nSPS) is 14.4. The van der Waals surface area contributed by atoms with E-state index in [1.807, 2.05) is 6.07 Å². The molecule has 108 valence electrons. The lowest BCUT2D eigenvalue weighted by Crippen LogP contribution is -2.39. The molecular weight excluding hydrogens is 232 g/mol. The van der Waals surface area contributed by atoms with Crippen molar-refractivity contribution in [1.82, 2.24) is 0 Å². The lowest BCUT2D eigenvalue weighted by Gasteiger charge is -2.38. The van der Waals surface area contributed by atoms with Crippen LogP contribution in [0, 0.1) is 5.41 Å². The first-order valence-electron chi connectivity index (χ1n) is 7.59. The molecule has 1 N–H and O–H groups in total. The van der Waals surface area contributed by atoms with Gasteiger partial charge in [-0.2, -0.15) is 0 Å². The smallest absolute Gasteiger partial charge is 0.0636 e. The van der Waals surface area contributed by atoms with Crippen LogP contribution in [-0.4, -0.2) is 11.2 Å². The third-order valence-corrected chi connectivity index (χ3v) is 4.42. The zero-order valence-electron chi connectivity index (χ0n) is 13.2. The molecule has 1 rings (SSSR count). The minimum Gasteiger partial charge on any atom is -0.392 e. The first-order chi connectivity index (χ1) is 8.85. The van der Waals surface area contributed by atoms with Crippen molar-refractivity contribution in [1.29, 1.82) is 0 Å². The Bertz CT molecular complexity index is 357. The molecular formula is C18H30O. The van der Waals surface area contributed by atoms with Crippen molar-refractivity contribution in [2.75, 3.05) is 0 Å². The number of rotatable bonds is 6. The summed E-state index contributed by atoms with van der Waals surface area (Å²) in [6.07, 6.45) is 3.64. The van der Waals surface area contributed by atoms with Gasteiger partial charge in [-0.15, -0.1) is 0 Å². The summed E-state index contributed by atoms with van der Waals surface area (Å²) in [7, 11) is 0. The van der Waals surface area contributed by atoms with Crippen LogP contribution in [0.3, 0.4) is 0 Å². The second kappa shape index (κ2) is 6.56. The van der Waals surface area contributed by atoms with Crippen molar-refractivity contribution in [3.8, 4) is 0 Å². The van der Waals surface area contributed by atoms with E-state index in [1.165, 1.54) is 5.56 Å². The lowest BCUT2D eigenvalue weighted by molar-refractivity contribution is 0.0554. The van der Waals surface area contributed by atoms with E-state index in [1.54, 1.807) is 0 Å². The molecule has 0 fully saturated rings. The summed E-state index contributed by atoms with van der Waals surface area (Å²) in [6.45, 7) is 11.1. The van der Waals surface area contributed by atoms with Gasteiger partial charge in [0.1, 0.15) is 0 Å². The predicted molar refractivity (Wildman–Crippen MR) is 83.4 cm³/mol. The van der Waals surface area contributed by atoms with E-state index in [0.717, 1.165) is 25.7 Å². The maximum atomic E-state index is 10.8. The molecule has 0 spiro atoms. The van der Waals surface area contributed by atoms with Crippen molar-refractivity contribution in [3.05, 3.63) is 35.9 Å². The molecule has 0 heterocycles. The molecule has 1 heteroatoms. The van der Waals surface area contributed by atoms with Gasteiger partial charge in [0.25, 0.3) is 0 Å². The highest BCUT2D eigenvalue weighted by Gasteiger charge is 2.36. The van der Waals surface area contributed by atoms with E-state index in [0.29, 0.717) is 0 Å². The molecule has 1 atom stereocenters. The number of benzene rings is 1. The summed E-state index contributed by atoms with van der Waals surface area (Å²) in [5.41, 5.74) is 1.47. The average molecular weight is 262 g/mol. The van der Waals surface area contributed by atoms with E-state index < -0.39 is 0 Å². The SMILES string of the molecule is CCC(CC)(c1ccccc1)C(O)CCC(C)(C)C. The molecule has 1 nitrogen and oxygen atoms in total. The van der Waals surface area contributed by atoms with Crippen molar-refractivity contribution in [3.63, 3.8) is 0 Å². The maximum Gasteiger partial charge on any atom is 0.0636 e. The molecule has 0 aliphatic heterocycles. The molecule has 0 aliphatic rings. The summed E-state index contributed by atoms with van der Waals surface area (Å²) < 4.78 is 0. The van der Waals surface area contributed by atoms with Crippen LogP contribution < -0.4 is 0 Å². The maximum absolute atomic E-state index is 10.8. The zero-order chi connectivity index (χ0) is 14.5. The van der Waals surface area contributed by atoms with E-state index in [4.69, 9.17) is 0 Å². The van der Waals surface area contributed by atoms with E-state index in [9.17, 15) is 5.11 Å². The Kier molecular flexibility index (Phi) is 5.61. The number of hydrogen-bond acceptors (Lipinski definition) is 1. The van der Waals surface area contributed by atoms with Gasteiger partial charge in [-0.3, -0.25) is 0 Å². The largest absolute Gasteiger partial charge is 0.392 e. The Morgan fingerprint density at radius 2 is 1.53 bits per heavy atom. The van der Waals surface area contributed by atoms with Gasteiger partial charge in [0.05, 0.1) is 6.10 Å². The summed E-state index contributed by atoms with van der Waals surface area (Å²) in [6, 6.07) is 10.5. The Morgan fingerprint density at radius 1 is 1.00 bits per heavy atom. The van der Waals surface area contributed by atoms with Crippen LogP contribution in [0.25, 0.3) is 0 Å². The monoisotopic (exact) mass is 262 g/mol. The molecule has 1 aromatic carbocycles. The number of hydrogen-bond donors (Lipinski definition) is 1. The molecule has 0 saturated heterocycles. The van der Waals surface area contributed by atoms with Crippen molar-refractivity contribution < 1.29 is 5.11 Å². The number of aliphatic hydroxyl groups excluding tert-OH is 1. The first-order valence-corrected chi connectivity index (χ1v) is 7.59. The van der Waals surface area contributed by atoms with Gasteiger partial charge in [0, 0.05) is 5.41 Å². The standard InChI is InChI=1S/C18H30O/c1-6-18(7-2,15-11-9-8-10-12-15)16(19)13-14-17(3,4)5/h8-12,16,19H,6-7,13-14H2,1-5H3. The fraction of sp³-hybridized carbons (Fsp3) is 0.667. The molecule has 0 aliphatic carbocycles. The summed E-state index contributed by atoms with van der Waals surface area (Å²) in [5, 5.41) is 10.8. The minimum absolute atomic E-state index is 0.0908. The van der Waals surface area contributed by atoms with Crippen LogP contribution in [0.4, 0.5) is 0 Å². The Labute approximate surface area is 119 Å². The highest BCUT2D eigenvalue weighted by atomic mass is 16.3. The number of aliphatic hydroxyl groups is 1. The third-order valence-electron chi connectivity index (χ3n) is 4.42. The Morgan fingerprint density at radius 3 is 1.95 bits per heavy atom. The van der Waals surface area contributed by atoms with Crippen LogP contribution in [0.5, 0.6) is 0 Å². The highest BCUT2D eigenvalue weighted by Crippen LogP contribution is 2.38. The van der Waals surface area contributed by atoms with Crippen molar-refractivity contribution >= 4 is 0 Å². The topological polar surface area (TPSA) is 20.2 Å². The van der Waals surface area contributed by atoms with Crippen LogP contribution in [0.1, 0.15) is 65.9 Å². The summed E-state index contributed by atoms with van der Waals surface area (Å²) >= 11 is 0. The van der Waals surface area contributed by atoms with E-state index >= 15 is 0 Å². The molecule has 19 heavy (non-hydrogen) atoms. The Balaban J connectivity index is 2.93. The molecule has 0 bridgehead atoms. The van der Waals surface area contributed by atoms with Gasteiger partial charge >= 0.3 is 0 Å². The van der Waals surface area contributed by atoms with Crippen LogP contribution in [-0.2, 0) is 5.41 Å². The average Bonchev–Trinajstić information content (AvgIpc) is 2.39. The van der Waals surface area contributed by atoms with Gasteiger partial charge in [0.2, 0.25) is 0 Å². The third kappa shape index (κ3) is 4.07. The molecule has 0 aromatic heterocycles. The summed E-state index contributed by atoms with van der Waals surface area (Å²) in [5.74, 6) is 0. The lowest BCUT2D eigenvalue weighted by atomic mass is 9.69. The van der Waals surface area contributed by atoms with Gasteiger partial charge in [-0.05, 0) is 36.7 Å². The second-order valence-corrected chi connectivity index (χ2v) is 6.84. The van der Waals surface area contributed by atoms with Crippen molar-refractivity contribution in [2.45, 2.75) is 71.8 Å². The second-order valence-electron chi connectivity index (χ2n) is 6.84. The molecule has 1 aromatic rings. The molecule has 0 amide bonds. The predicted octanol–water partition coefficient (Wildman–Crippen LogP) is 4.93. The van der Waals surface area contributed by atoms with Crippen LogP contribution >= 0.6 is 0 Å². The van der Waals surface area contributed by atoms with Crippen LogP contribution in [0.2, 0.25) is 0 Å². The van der Waals surface area contributed by atoms with E-state index in [-0.39, 0.29) is 16.9 Å². The summed E-state index contributed by atoms with van der Waals surface area (Å²) in [4.78, 5) is 0. The Hall–Kier alpha value is -0.820. The fourth-order valence-electron chi connectivity index (χ4n) is 2.94. The van der Waals surface area contributed by atoms with Crippen molar-refractivity contribution in [2.24, 2.45) is 5.41 Å². The van der Waals surface area contributed by atoms with Gasteiger partial charge in [0.15, 0.2) is 0 Å². The fourth-order valence-corrected chi connectivity index (χ4v) is 2.94. The molecule has 1 unspecified atom stereocenters. The molecule has 0 saturated carbocycles. The first kappa shape index (κ1) is 16.2. The van der Waals surface area contributed by atoms with Crippen LogP contribution in [0.15, 0.2) is 30.3 Å². The highest BCUT2D eigenvalue weighted by molar-refractivity contribution is 5.26. The van der Waals surface area contributed by atoms with Gasteiger partial charge < -0.3 is 5.11 Å². The quantitative estimate of drug-likeness (QED) is 0.770. The molecule has 0 radical (unpaired) electrons.